The highest BCUT2D eigenvalue weighted by atomic mass is 32.2. The molecular formula is C26H22N2O3S. The third kappa shape index (κ3) is 4.25. The van der Waals surface area contributed by atoms with Gasteiger partial charge in [0, 0.05) is 11.7 Å². The number of amides is 1. The molecule has 0 fully saturated rings. The Morgan fingerprint density at radius 1 is 1.09 bits per heavy atom. The molecule has 1 amide bonds. The fraction of sp³-hybridized carbons (Fsp3) is 0.192. The van der Waals surface area contributed by atoms with Gasteiger partial charge >= 0.3 is 5.97 Å². The number of aryl methyl sites for hydroxylation is 1. The van der Waals surface area contributed by atoms with E-state index in [-0.39, 0.29) is 0 Å². The molecule has 32 heavy (non-hydrogen) atoms. The first kappa shape index (κ1) is 21.7. The molecule has 6 heteroatoms. The van der Waals surface area contributed by atoms with Gasteiger partial charge in [0.15, 0.2) is 0 Å². The van der Waals surface area contributed by atoms with E-state index in [1.54, 1.807) is 0 Å². The third-order valence-electron chi connectivity index (χ3n) is 5.62. The van der Waals surface area contributed by atoms with Crippen molar-refractivity contribution in [1.29, 1.82) is 5.26 Å². The van der Waals surface area contributed by atoms with E-state index in [2.05, 4.69) is 35.7 Å². The number of benzene rings is 3. The molecule has 0 aromatic heterocycles. The van der Waals surface area contributed by atoms with Crippen LogP contribution in [0.3, 0.4) is 0 Å². The Balaban J connectivity index is 1.70. The number of fused-ring (bicyclic) bond motifs is 1. The maximum absolute atomic E-state index is 12.9. The molecule has 0 spiro atoms. The minimum absolute atomic E-state index is 0.370. The minimum atomic E-state index is -1.11. The second-order valence-electron chi connectivity index (χ2n) is 7.70. The molecule has 1 aliphatic heterocycles. The topological polar surface area (TPSA) is 79.2 Å². The molecule has 0 bridgehead atoms. The highest BCUT2D eigenvalue weighted by Crippen LogP contribution is 2.41. The summed E-state index contributed by atoms with van der Waals surface area (Å²) in [5, 5.41) is 15.6. The van der Waals surface area contributed by atoms with Crippen molar-refractivity contribution in [3.05, 3.63) is 94.0 Å². The number of nitriles is 1. The number of hydrogen-bond acceptors (Lipinski definition) is 5. The molecular weight excluding hydrogens is 420 g/mol. The number of hydrogen-bond donors (Lipinski definition) is 1. The lowest BCUT2D eigenvalue weighted by Gasteiger charge is -2.31. The number of thioether (sulfide) groups is 1. The van der Waals surface area contributed by atoms with E-state index in [0.717, 1.165) is 27.5 Å². The van der Waals surface area contributed by atoms with Crippen LogP contribution in [0.4, 0.5) is 0 Å². The van der Waals surface area contributed by atoms with Crippen LogP contribution >= 0.6 is 11.8 Å². The van der Waals surface area contributed by atoms with E-state index in [4.69, 9.17) is 4.74 Å². The highest BCUT2D eigenvalue weighted by molar-refractivity contribution is 8.02. The first-order valence-corrected chi connectivity index (χ1v) is 11.2. The van der Waals surface area contributed by atoms with Gasteiger partial charge in [0.1, 0.15) is 5.92 Å². The van der Waals surface area contributed by atoms with Gasteiger partial charge in [-0.25, -0.2) is 0 Å². The van der Waals surface area contributed by atoms with E-state index in [1.807, 2.05) is 49.4 Å². The molecule has 1 heterocycles. The van der Waals surface area contributed by atoms with Crippen LogP contribution in [0, 0.1) is 24.2 Å². The Morgan fingerprint density at radius 3 is 2.50 bits per heavy atom. The van der Waals surface area contributed by atoms with Crippen LogP contribution in [0.5, 0.6) is 0 Å². The van der Waals surface area contributed by atoms with E-state index in [1.165, 1.54) is 18.9 Å². The summed E-state index contributed by atoms with van der Waals surface area (Å²) in [7, 11) is 1.25. The first-order valence-electron chi connectivity index (χ1n) is 10.2. The number of allylic oxidation sites excluding steroid dienone is 1. The van der Waals surface area contributed by atoms with Crippen LogP contribution in [0.25, 0.3) is 10.8 Å². The maximum atomic E-state index is 12.9. The monoisotopic (exact) mass is 442 g/mol. The predicted octanol–water partition coefficient (Wildman–Crippen LogP) is 4.82. The quantitative estimate of drug-likeness (QED) is 0.453. The predicted molar refractivity (Wildman–Crippen MR) is 125 cm³/mol. The Kier molecular flexibility index (Phi) is 6.29. The Bertz CT molecular complexity index is 1260. The summed E-state index contributed by atoms with van der Waals surface area (Å²) >= 11 is 1.39. The standard InChI is InChI=1S/C26H22N2O3S/c1-16-7-10-19(11-8-16)22-21(14-27)25(28-24(29)23(22)26(30)31-2)32-15-17-9-12-18-5-3-4-6-20(18)13-17/h3-13,22-23H,15H2,1-2H3,(H,28,29)/t22-,23-/m1/s1. The van der Waals surface area contributed by atoms with Crippen LogP contribution < -0.4 is 5.32 Å². The number of nitrogens with zero attached hydrogens (tertiary/aromatic N) is 1. The molecule has 160 valence electrons. The largest absolute Gasteiger partial charge is 0.468 e. The number of ether oxygens (including phenoxy) is 1. The zero-order valence-electron chi connectivity index (χ0n) is 17.8. The highest BCUT2D eigenvalue weighted by Gasteiger charge is 2.44. The van der Waals surface area contributed by atoms with Crippen molar-refractivity contribution in [3.63, 3.8) is 0 Å². The summed E-state index contributed by atoms with van der Waals surface area (Å²) in [6, 6.07) is 24.1. The van der Waals surface area contributed by atoms with Crippen molar-refractivity contribution in [3.8, 4) is 6.07 Å². The fourth-order valence-electron chi connectivity index (χ4n) is 3.94. The molecule has 0 radical (unpaired) electrons. The molecule has 3 aromatic carbocycles. The van der Waals surface area contributed by atoms with Crippen molar-refractivity contribution < 1.29 is 14.3 Å². The molecule has 1 aliphatic rings. The Morgan fingerprint density at radius 2 is 1.81 bits per heavy atom. The van der Waals surface area contributed by atoms with Crippen molar-refractivity contribution in [2.24, 2.45) is 5.92 Å². The lowest BCUT2D eigenvalue weighted by Crippen LogP contribution is -2.44. The Labute approximate surface area is 191 Å². The van der Waals surface area contributed by atoms with Crippen LogP contribution in [0.1, 0.15) is 22.6 Å². The smallest absolute Gasteiger partial charge is 0.319 e. The normalized spacial score (nSPS) is 18.2. The van der Waals surface area contributed by atoms with Gasteiger partial charge in [-0.2, -0.15) is 5.26 Å². The number of methoxy groups -OCH3 is 1. The zero-order chi connectivity index (χ0) is 22.7. The number of rotatable bonds is 5. The molecule has 0 saturated heterocycles. The SMILES string of the molecule is COC(=O)[C@H]1C(=O)NC(SCc2ccc3ccccc3c2)=C(C#N)[C@H]1c1ccc(C)cc1. The van der Waals surface area contributed by atoms with Crippen LogP contribution in [-0.4, -0.2) is 19.0 Å². The van der Waals surface area contributed by atoms with E-state index in [0.29, 0.717) is 16.4 Å². The maximum Gasteiger partial charge on any atom is 0.319 e. The average Bonchev–Trinajstić information content (AvgIpc) is 2.82. The summed E-state index contributed by atoms with van der Waals surface area (Å²) in [5.74, 6) is -2.33. The van der Waals surface area contributed by atoms with Gasteiger partial charge in [0.05, 0.1) is 23.8 Å². The van der Waals surface area contributed by atoms with Gasteiger partial charge in [-0.1, -0.05) is 72.3 Å². The van der Waals surface area contributed by atoms with Gasteiger partial charge in [0.2, 0.25) is 5.91 Å². The summed E-state index contributed by atoms with van der Waals surface area (Å²) in [5.41, 5.74) is 3.24. The van der Waals surface area contributed by atoms with Gasteiger partial charge in [-0.15, -0.1) is 11.8 Å². The van der Waals surface area contributed by atoms with Crippen molar-refractivity contribution >= 4 is 34.4 Å². The van der Waals surface area contributed by atoms with Gasteiger partial charge in [-0.05, 0) is 28.8 Å². The van der Waals surface area contributed by atoms with Crippen molar-refractivity contribution in [2.45, 2.75) is 18.6 Å². The molecule has 0 aliphatic carbocycles. The van der Waals surface area contributed by atoms with Crippen LogP contribution in [0.2, 0.25) is 0 Å². The van der Waals surface area contributed by atoms with E-state index < -0.39 is 23.7 Å². The molecule has 0 unspecified atom stereocenters. The second-order valence-corrected chi connectivity index (χ2v) is 8.69. The van der Waals surface area contributed by atoms with Crippen LogP contribution in [0.15, 0.2) is 77.3 Å². The van der Waals surface area contributed by atoms with Crippen molar-refractivity contribution in [2.75, 3.05) is 7.11 Å². The molecule has 3 aromatic rings. The molecule has 2 atom stereocenters. The second kappa shape index (κ2) is 9.29. The first-order chi connectivity index (χ1) is 15.5. The summed E-state index contributed by atoms with van der Waals surface area (Å²) in [6.45, 7) is 1.96. The van der Waals surface area contributed by atoms with Gasteiger partial charge in [0.25, 0.3) is 0 Å². The molecule has 0 saturated carbocycles. The lowest BCUT2D eigenvalue weighted by molar-refractivity contribution is -0.150. The van der Waals surface area contributed by atoms with Gasteiger partial charge in [-0.3, -0.25) is 9.59 Å². The zero-order valence-corrected chi connectivity index (χ0v) is 18.6. The lowest BCUT2D eigenvalue weighted by atomic mass is 9.78. The molecule has 1 N–H and O–H groups in total. The third-order valence-corrected chi connectivity index (χ3v) is 6.71. The van der Waals surface area contributed by atoms with Crippen molar-refractivity contribution in [1.82, 2.24) is 5.32 Å². The number of nitrogens with one attached hydrogen (secondary N) is 1. The summed E-state index contributed by atoms with van der Waals surface area (Å²) < 4.78 is 4.90. The number of carbonyl (C=O) groups is 2. The molecule has 4 rings (SSSR count). The van der Waals surface area contributed by atoms with E-state index in [9.17, 15) is 14.9 Å². The Hall–Kier alpha value is -3.56. The average molecular weight is 443 g/mol. The summed E-state index contributed by atoms with van der Waals surface area (Å²) in [6.07, 6.45) is 0. The fourth-order valence-corrected chi connectivity index (χ4v) is 4.93. The summed E-state index contributed by atoms with van der Waals surface area (Å²) in [4.78, 5) is 25.4. The molecule has 5 nitrogen and oxygen atoms in total. The minimum Gasteiger partial charge on any atom is -0.468 e. The van der Waals surface area contributed by atoms with Crippen LogP contribution in [-0.2, 0) is 20.1 Å². The number of esters is 1. The van der Waals surface area contributed by atoms with E-state index >= 15 is 0 Å². The number of carbonyl (C=O) groups excluding carboxylic acids is 2. The van der Waals surface area contributed by atoms with Gasteiger partial charge < -0.3 is 10.1 Å².